The third-order valence-corrected chi connectivity index (χ3v) is 5.35. The van der Waals surface area contributed by atoms with Gasteiger partial charge in [-0.1, -0.05) is 63.1 Å². The molecule has 110 valence electrons. The van der Waals surface area contributed by atoms with E-state index in [0.29, 0.717) is 5.78 Å². The first-order chi connectivity index (χ1) is 9.86. The lowest BCUT2D eigenvalue weighted by Gasteiger charge is -2.16. The van der Waals surface area contributed by atoms with E-state index >= 15 is 0 Å². The maximum absolute atomic E-state index is 12.4. The number of ketones is 1. The van der Waals surface area contributed by atoms with Crippen LogP contribution in [0.3, 0.4) is 0 Å². The number of Topliss-reactive ketones (excluding diaryl/α,β-unsaturated/α-hetero) is 1. The summed E-state index contributed by atoms with van der Waals surface area (Å²) in [6.45, 7) is 0. The third kappa shape index (κ3) is 5.70. The van der Waals surface area contributed by atoms with Gasteiger partial charge in [0.15, 0.2) is 0 Å². The molecule has 0 aromatic heterocycles. The first-order valence-corrected chi connectivity index (χ1v) is 8.98. The van der Waals surface area contributed by atoms with Crippen molar-refractivity contribution in [3.05, 3.63) is 30.3 Å². The van der Waals surface area contributed by atoms with Crippen molar-refractivity contribution in [2.75, 3.05) is 0 Å². The lowest BCUT2D eigenvalue weighted by Crippen LogP contribution is -2.17. The van der Waals surface area contributed by atoms with E-state index in [-0.39, 0.29) is 5.25 Å². The fourth-order valence-corrected chi connectivity index (χ4v) is 3.98. The Kier molecular flexibility index (Phi) is 7.21. The Hall–Kier alpha value is -0.760. The fraction of sp³-hybridized carbons (Fsp3) is 0.611. The van der Waals surface area contributed by atoms with Crippen LogP contribution < -0.4 is 0 Å². The lowest BCUT2D eigenvalue weighted by atomic mass is 10.00. The Morgan fingerprint density at radius 1 is 0.800 bits per heavy atom. The van der Waals surface area contributed by atoms with Gasteiger partial charge in [-0.15, -0.1) is 11.8 Å². The Labute approximate surface area is 127 Å². The van der Waals surface area contributed by atoms with Crippen molar-refractivity contribution in [1.82, 2.24) is 0 Å². The van der Waals surface area contributed by atoms with Gasteiger partial charge in [-0.05, 0) is 25.0 Å². The summed E-state index contributed by atoms with van der Waals surface area (Å²) in [4.78, 5) is 13.6. The summed E-state index contributed by atoms with van der Waals surface area (Å²) in [5.74, 6) is 0.472. The number of carbonyl (C=O) groups is 1. The van der Waals surface area contributed by atoms with Gasteiger partial charge in [0.1, 0.15) is 5.78 Å². The summed E-state index contributed by atoms with van der Waals surface area (Å²) in [7, 11) is 0. The number of carbonyl (C=O) groups excluding carboxylic acids is 1. The van der Waals surface area contributed by atoms with Crippen LogP contribution in [0.4, 0.5) is 0 Å². The average Bonchev–Trinajstić information content (AvgIpc) is 2.47. The van der Waals surface area contributed by atoms with Crippen LogP contribution in [0.2, 0.25) is 0 Å². The van der Waals surface area contributed by atoms with E-state index in [9.17, 15) is 4.79 Å². The molecule has 1 saturated carbocycles. The molecule has 2 heteroatoms. The van der Waals surface area contributed by atoms with Crippen molar-refractivity contribution >= 4 is 17.5 Å². The summed E-state index contributed by atoms with van der Waals surface area (Å²) in [6.07, 6.45) is 12.0. The first-order valence-electron chi connectivity index (χ1n) is 8.11. The van der Waals surface area contributed by atoms with Crippen LogP contribution in [0.5, 0.6) is 0 Å². The molecular weight excluding hydrogens is 264 g/mol. The molecule has 20 heavy (non-hydrogen) atoms. The SMILES string of the molecule is O=C1CCCCCCCCCC[C@@H]1Sc1ccccc1. The predicted octanol–water partition coefficient (Wildman–Crippen LogP) is 5.63. The van der Waals surface area contributed by atoms with Gasteiger partial charge >= 0.3 is 0 Å². The second-order valence-electron chi connectivity index (χ2n) is 5.75. The number of thioether (sulfide) groups is 1. The Balaban J connectivity index is 1.92. The van der Waals surface area contributed by atoms with Crippen molar-refractivity contribution in [3.63, 3.8) is 0 Å². The smallest absolute Gasteiger partial charge is 0.146 e. The maximum Gasteiger partial charge on any atom is 0.146 e. The van der Waals surface area contributed by atoms with Gasteiger partial charge in [-0.25, -0.2) is 0 Å². The highest BCUT2D eigenvalue weighted by Gasteiger charge is 2.19. The summed E-state index contributed by atoms with van der Waals surface area (Å²) in [5, 5.41) is 0.178. The maximum atomic E-state index is 12.4. The predicted molar refractivity (Wildman–Crippen MR) is 87.3 cm³/mol. The van der Waals surface area contributed by atoms with E-state index < -0.39 is 0 Å². The second kappa shape index (κ2) is 9.23. The number of benzene rings is 1. The Morgan fingerprint density at radius 2 is 1.40 bits per heavy atom. The minimum Gasteiger partial charge on any atom is -0.298 e. The van der Waals surface area contributed by atoms with Crippen molar-refractivity contribution in [1.29, 1.82) is 0 Å². The van der Waals surface area contributed by atoms with E-state index in [1.54, 1.807) is 11.8 Å². The van der Waals surface area contributed by atoms with Crippen LogP contribution in [-0.2, 0) is 4.79 Å². The summed E-state index contributed by atoms with van der Waals surface area (Å²) < 4.78 is 0. The van der Waals surface area contributed by atoms with E-state index in [1.807, 2.05) is 6.07 Å². The van der Waals surface area contributed by atoms with E-state index in [0.717, 1.165) is 19.3 Å². The largest absolute Gasteiger partial charge is 0.298 e. The van der Waals surface area contributed by atoms with Gasteiger partial charge in [0.2, 0.25) is 0 Å². The highest BCUT2D eigenvalue weighted by Crippen LogP contribution is 2.29. The zero-order chi connectivity index (χ0) is 14.0. The van der Waals surface area contributed by atoms with Gasteiger partial charge in [0.25, 0.3) is 0 Å². The molecule has 1 fully saturated rings. The van der Waals surface area contributed by atoms with Crippen molar-refractivity contribution in [2.45, 2.75) is 74.4 Å². The third-order valence-electron chi connectivity index (χ3n) is 4.02. The second-order valence-corrected chi connectivity index (χ2v) is 7.03. The summed E-state index contributed by atoms with van der Waals surface area (Å²) in [6, 6.07) is 10.4. The number of rotatable bonds is 2. The lowest BCUT2D eigenvalue weighted by molar-refractivity contribution is -0.118. The molecule has 0 bridgehead atoms. The fourth-order valence-electron chi connectivity index (χ4n) is 2.80. The van der Waals surface area contributed by atoms with Gasteiger partial charge < -0.3 is 0 Å². The number of hydrogen-bond acceptors (Lipinski definition) is 2. The first kappa shape index (κ1) is 15.6. The molecule has 1 atom stereocenters. The van der Waals surface area contributed by atoms with Crippen LogP contribution in [0.1, 0.15) is 64.2 Å². The molecule has 1 aliphatic carbocycles. The van der Waals surface area contributed by atoms with Crippen molar-refractivity contribution in [3.8, 4) is 0 Å². The quantitative estimate of drug-likeness (QED) is 0.702. The van der Waals surface area contributed by atoms with Gasteiger partial charge in [-0.2, -0.15) is 0 Å². The molecule has 0 aliphatic heterocycles. The van der Waals surface area contributed by atoms with Crippen molar-refractivity contribution < 1.29 is 4.79 Å². The molecule has 1 aliphatic rings. The average molecular weight is 290 g/mol. The van der Waals surface area contributed by atoms with Gasteiger partial charge in [0, 0.05) is 11.3 Å². The molecule has 0 amide bonds. The number of hydrogen-bond donors (Lipinski definition) is 0. The molecule has 1 aromatic rings. The molecule has 0 spiro atoms. The zero-order valence-electron chi connectivity index (χ0n) is 12.4. The topological polar surface area (TPSA) is 17.1 Å². The molecule has 0 N–H and O–H groups in total. The van der Waals surface area contributed by atoms with E-state index in [4.69, 9.17) is 0 Å². The highest BCUT2D eigenvalue weighted by atomic mass is 32.2. The van der Waals surface area contributed by atoms with Crippen LogP contribution in [0.15, 0.2) is 35.2 Å². The molecular formula is C18H26OS. The van der Waals surface area contributed by atoms with Crippen molar-refractivity contribution in [2.24, 2.45) is 0 Å². The van der Waals surface area contributed by atoms with Crippen LogP contribution in [-0.4, -0.2) is 11.0 Å². The minimum atomic E-state index is 0.178. The molecule has 0 unspecified atom stereocenters. The Morgan fingerprint density at radius 3 is 2.10 bits per heavy atom. The van der Waals surface area contributed by atoms with Crippen LogP contribution in [0.25, 0.3) is 0 Å². The van der Waals surface area contributed by atoms with Crippen LogP contribution in [0, 0.1) is 0 Å². The normalized spacial score (nSPS) is 22.8. The van der Waals surface area contributed by atoms with Gasteiger partial charge in [-0.3, -0.25) is 4.79 Å². The van der Waals surface area contributed by atoms with Crippen LogP contribution >= 0.6 is 11.8 Å². The molecule has 0 heterocycles. The van der Waals surface area contributed by atoms with E-state index in [1.165, 1.54) is 49.8 Å². The monoisotopic (exact) mass is 290 g/mol. The van der Waals surface area contributed by atoms with Gasteiger partial charge in [0.05, 0.1) is 5.25 Å². The molecule has 1 aromatic carbocycles. The molecule has 0 radical (unpaired) electrons. The zero-order valence-corrected chi connectivity index (χ0v) is 13.2. The Bertz CT molecular complexity index is 388. The minimum absolute atomic E-state index is 0.178. The molecule has 0 saturated heterocycles. The molecule has 2 rings (SSSR count). The summed E-state index contributed by atoms with van der Waals surface area (Å²) in [5.41, 5.74) is 0. The highest BCUT2D eigenvalue weighted by molar-refractivity contribution is 8.00. The standard InChI is InChI=1S/C18H26OS/c19-17-14-10-5-3-1-2-4-6-11-15-18(17)20-16-12-8-7-9-13-16/h7-9,12-13,18H,1-6,10-11,14-15H2/t18-/m0/s1. The summed E-state index contributed by atoms with van der Waals surface area (Å²) >= 11 is 1.77. The molecule has 1 nitrogen and oxygen atoms in total. The van der Waals surface area contributed by atoms with E-state index in [2.05, 4.69) is 24.3 Å².